The van der Waals surface area contributed by atoms with Crippen molar-refractivity contribution in [3.05, 3.63) is 28.8 Å². The number of carbonyl (C=O) groups excluding carboxylic acids is 1. The number of amides is 1. The summed E-state index contributed by atoms with van der Waals surface area (Å²) in [5.74, 6) is 4.65. The van der Waals surface area contributed by atoms with Gasteiger partial charge in [0.1, 0.15) is 4.90 Å². The Kier molecular flexibility index (Phi) is 6.18. The van der Waals surface area contributed by atoms with Crippen LogP contribution in [-0.4, -0.2) is 32.1 Å². The lowest BCUT2D eigenvalue weighted by Crippen LogP contribution is -2.42. The van der Waals surface area contributed by atoms with E-state index in [-0.39, 0.29) is 16.5 Å². The van der Waals surface area contributed by atoms with Gasteiger partial charge in [0.05, 0.1) is 17.7 Å². The normalized spacial score (nSPS) is 12.3. The zero-order chi connectivity index (χ0) is 16.0. The van der Waals surface area contributed by atoms with Crippen molar-refractivity contribution in [2.45, 2.75) is 24.3 Å². The van der Waals surface area contributed by atoms with Crippen molar-refractivity contribution in [1.82, 2.24) is 4.72 Å². The molecule has 8 heteroatoms. The van der Waals surface area contributed by atoms with Gasteiger partial charge in [0.2, 0.25) is 15.9 Å². The monoisotopic (exact) mass is 330 g/mol. The van der Waals surface area contributed by atoms with Crippen molar-refractivity contribution < 1.29 is 18.3 Å². The molecule has 1 aromatic rings. The van der Waals surface area contributed by atoms with Gasteiger partial charge in [-0.2, -0.15) is 4.72 Å². The fourth-order valence-corrected chi connectivity index (χ4v) is 3.13. The first-order valence-electron chi connectivity index (χ1n) is 5.99. The van der Waals surface area contributed by atoms with Gasteiger partial charge < -0.3 is 10.8 Å². The number of nitrogens with two attached hydrogens (primary N) is 1. The van der Waals surface area contributed by atoms with Crippen LogP contribution in [0.25, 0.3) is 0 Å². The molecule has 0 aliphatic rings. The molecule has 21 heavy (non-hydrogen) atoms. The molecule has 0 spiro atoms. The molecule has 1 unspecified atom stereocenters. The third kappa shape index (κ3) is 5.02. The smallest absolute Gasteiger partial charge is 0.242 e. The van der Waals surface area contributed by atoms with E-state index in [4.69, 9.17) is 22.4 Å². The number of sulfonamides is 1. The van der Waals surface area contributed by atoms with Crippen LogP contribution in [0.5, 0.6) is 0 Å². The molecule has 1 rings (SSSR count). The molecule has 0 aromatic heterocycles. The van der Waals surface area contributed by atoms with Crippen LogP contribution in [0, 0.1) is 11.8 Å². The summed E-state index contributed by atoms with van der Waals surface area (Å²) in [4.78, 5) is 10.8. The van der Waals surface area contributed by atoms with Crippen LogP contribution in [0.15, 0.2) is 23.1 Å². The highest BCUT2D eigenvalue weighted by atomic mass is 35.5. The highest BCUT2D eigenvalue weighted by Crippen LogP contribution is 2.22. The first kappa shape index (κ1) is 17.5. The Labute approximate surface area is 128 Å². The number of rotatable bonds is 5. The second-order valence-electron chi connectivity index (χ2n) is 4.17. The van der Waals surface area contributed by atoms with Gasteiger partial charge >= 0.3 is 0 Å². The van der Waals surface area contributed by atoms with E-state index in [0.717, 1.165) is 0 Å². The second-order valence-corrected chi connectivity index (χ2v) is 6.26. The van der Waals surface area contributed by atoms with E-state index in [1.54, 1.807) is 0 Å². The number of carbonyl (C=O) groups is 1. The Hall–Kier alpha value is -1.59. The molecule has 1 aromatic carbocycles. The SMILES string of the molecule is CC(NS(=O)(=O)c1ccc(C#CCCO)cc1Cl)C(N)=O. The summed E-state index contributed by atoms with van der Waals surface area (Å²) in [5, 5.41) is 8.61. The molecule has 4 N–H and O–H groups in total. The summed E-state index contributed by atoms with van der Waals surface area (Å²) in [6, 6.07) is 3.13. The highest BCUT2D eigenvalue weighted by Gasteiger charge is 2.22. The molecular formula is C13H15ClN2O4S. The predicted octanol–water partition coefficient (Wildman–Crippen LogP) is 0.226. The van der Waals surface area contributed by atoms with Crippen molar-refractivity contribution in [1.29, 1.82) is 0 Å². The summed E-state index contributed by atoms with van der Waals surface area (Å²) < 4.78 is 26.3. The number of benzene rings is 1. The van der Waals surface area contributed by atoms with E-state index >= 15 is 0 Å². The minimum Gasteiger partial charge on any atom is -0.395 e. The van der Waals surface area contributed by atoms with Gasteiger partial charge in [-0.15, -0.1) is 0 Å². The van der Waals surface area contributed by atoms with Crippen LogP contribution in [0.2, 0.25) is 5.02 Å². The Bertz CT molecular complexity index is 692. The summed E-state index contributed by atoms with van der Waals surface area (Å²) in [5.41, 5.74) is 5.54. The fourth-order valence-electron chi connectivity index (χ4n) is 1.37. The van der Waals surface area contributed by atoms with E-state index in [1.165, 1.54) is 25.1 Å². The van der Waals surface area contributed by atoms with Gasteiger partial charge in [-0.1, -0.05) is 23.4 Å². The van der Waals surface area contributed by atoms with Crippen molar-refractivity contribution in [2.75, 3.05) is 6.61 Å². The van der Waals surface area contributed by atoms with E-state index in [0.29, 0.717) is 12.0 Å². The molecule has 0 saturated carbocycles. The third-order valence-corrected chi connectivity index (χ3v) is 4.47. The van der Waals surface area contributed by atoms with Crippen LogP contribution in [0.3, 0.4) is 0 Å². The summed E-state index contributed by atoms with van der Waals surface area (Å²) in [7, 11) is -3.95. The minimum atomic E-state index is -3.95. The van der Waals surface area contributed by atoms with Gasteiger partial charge in [0.25, 0.3) is 0 Å². The zero-order valence-corrected chi connectivity index (χ0v) is 12.8. The molecule has 0 fully saturated rings. The topological polar surface area (TPSA) is 109 Å². The van der Waals surface area contributed by atoms with Crippen LogP contribution >= 0.6 is 11.6 Å². The molecular weight excluding hydrogens is 316 g/mol. The second kappa shape index (κ2) is 7.43. The van der Waals surface area contributed by atoms with Crippen molar-refractivity contribution in [3.63, 3.8) is 0 Å². The van der Waals surface area contributed by atoms with Gasteiger partial charge in [0, 0.05) is 12.0 Å². The Morgan fingerprint density at radius 3 is 2.71 bits per heavy atom. The maximum Gasteiger partial charge on any atom is 0.242 e. The largest absolute Gasteiger partial charge is 0.395 e. The summed E-state index contributed by atoms with van der Waals surface area (Å²) in [6.45, 7) is 1.28. The van der Waals surface area contributed by atoms with Crippen molar-refractivity contribution in [2.24, 2.45) is 5.73 Å². The van der Waals surface area contributed by atoms with Gasteiger partial charge in [-0.05, 0) is 25.1 Å². The van der Waals surface area contributed by atoms with Gasteiger partial charge in [-0.25, -0.2) is 8.42 Å². The third-order valence-electron chi connectivity index (χ3n) is 2.45. The average Bonchev–Trinajstić information content (AvgIpc) is 2.38. The maximum absolute atomic E-state index is 12.1. The molecule has 6 nitrogen and oxygen atoms in total. The summed E-state index contributed by atoms with van der Waals surface area (Å²) >= 11 is 5.94. The number of hydrogen-bond donors (Lipinski definition) is 3. The zero-order valence-electron chi connectivity index (χ0n) is 11.3. The van der Waals surface area contributed by atoms with Gasteiger partial charge in [0.15, 0.2) is 0 Å². The molecule has 0 heterocycles. The highest BCUT2D eigenvalue weighted by molar-refractivity contribution is 7.89. The van der Waals surface area contributed by atoms with E-state index < -0.39 is 22.0 Å². The lowest BCUT2D eigenvalue weighted by molar-refractivity contribution is -0.119. The first-order chi connectivity index (χ1) is 9.77. The molecule has 0 bridgehead atoms. The van der Waals surface area contributed by atoms with Gasteiger partial charge in [-0.3, -0.25) is 4.79 Å². The number of hydrogen-bond acceptors (Lipinski definition) is 4. The lowest BCUT2D eigenvalue weighted by atomic mass is 10.2. The average molecular weight is 331 g/mol. The number of aliphatic hydroxyl groups excluding tert-OH is 1. The Balaban J connectivity index is 3.05. The first-order valence-corrected chi connectivity index (χ1v) is 7.85. The standard InChI is InChI=1S/C13H15ClN2O4S/c1-9(13(15)18)16-21(19,20)12-6-5-10(8-11(12)14)4-2-3-7-17/h5-6,8-9,16-17H,3,7H2,1H3,(H2,15,18). The van der Waals surface area contributed by atoms with Crippen LogP contribution in [0.1, 0.15) is 18.9 Å². The van der Waals surface area contributed by atoms with Crippen molar-refractivity contribution in [3.8, 4) is 11.8 Å². The predicted molar refractivity (Wildman–Crippen MR) is 79.0 cm³/mol. The molecule has 1 amide bonds. The number of halogens is 1. The van der Waals surface area contributed by atoms with Crippen LogP contribution < -0.4 is 10.5 Å². The number of primary amides is 1. The maximum atomic E-state index is 12.1. The molecule has 0 aliphatic heterocycles. The number of nitrogens with one attached hydrogen (secondary N) is 1. The summed E-state index contributed by atoms with van der Waals surface area (Å²) in [6.07, 6.45) is 0.315. The number of aliphatic hydroxyl groups is 1. The molecule has 0 saturated heterocycles. The lowest BCUT2D eigenvalue weighted by Gasteiger charge is -2.12. The van der Waals surface area contributed by atoms with Crippen molar-refractivity contribution >= 4 is 27.5 Å². The molecule has 0 aliphatic carbocycles. The van der Waals surface area contributed by atoms with E-state index in [9.17, 15) is 13.2 Å². The van der Waals surface area contributed by atoms with E-state index in [2.05, 4.69) is 16.6 Å². The minimum absolute atomic E-state index is 0.0185. The molecule has 1 atom stereocenters. The quantitative estimate of drug-likeness (QED) is 0.671. The van der Waals surface area contributed by atoms with Crippen LogP contribution in [-0.2, 0) is 14.8 Å². The fraction of sp³-hybridized carbons (Fsp3) is 0.308. The van der Waals surface area contributed by atoms with Crippen LogP contribution in [0.4, 0.5) is 0 Å². The van der Waals surface area contributed by atoms with E-state index in [1.807, 2.05) is 0 Å². The Morgan fingerprint density at radius 2 is 2.19 bits per heavy atom. The Morgan fingerprint density at radius 1 is 1.52 bits per heavy atom. The molecule has 114 valence electrons. The molecule has 0 radical (unpaired) electrons.